The molecule has 0 atom stereocenters. The second kappa shape index (κ2) is 3.85. The molecule has 14 heavy (non-hydrogen) atoms. The minimum Gasteiger partial charge on any atom is -0.258 e. The molecule has 0 aliphatic heterocycles. The van der Waals surface area contributed by atoms with Gasteiger partial charge in [0.1, 0.15) is 4.47 Å². The Morgan fingerprint density at radius 3 is 1.86 bits per heavy atom. The van der Waals surface area contributed by atoms with E-state index < -0.39 is 37.0 Å². The Morgan fingerprint density at radius 1 is 1.00 bits per heavy atom. The largest absolute Gasteiger partial charge is 0.323 e. The third-order valence-electron chi connectivity index (χ3n) is 1.37. The van der Waals surface area contributed by atoms with Crippen LogP contribution < -0.4 is 0 Å². The third-order valence-corrected chi connectivity index (χ3v) is 2.79. The van der Waals surface area contributed by atoms with Gasteiger partial charge < -0.3 is 0 Å². The summed E-state index contributed by atoms with van der Waals surface area (Å²) in [5.41, 5.74) is -1.14. The molecular formula is C6Br2F3NO2. The standard InChI is InChI=1S/C6Br2F3NO2/c7-1-3(9)4(10)2(8)6(5(1)11)12(13)14. The second-order valence-electron chi connectivity index (χ2n) is 2.18. The van der Waals surface area contributed by atoms with Crippen molar-refractivity contribution in [3.8, 4) is 0 Å². The molecule has 1 aromatic carbocycles. The number of rotatable bonds is 1. The molecule has 0 radical (unpaired) electrons. The van der Waals surface area contributed by atoms with Crippen LogP contribution in [0.2, 0.25) is 0 Å². The van der Waals surface area contributed by atoms with Crippen molar-refractivity contribution in [2.45, 2.75) is 0 Å². The zero-order valence-electron chi connectivity index (χ0n) is 6.15. The van der Waals surface area contributed by atoms with E-state index in [0.717, 1.165) is 0 Å². The molecule has 0 aliphatic rings. The highest BCUT2D eigenvalue weighted by Gasteiger charge is 2.29. The number of nitrogens with zero attached hydrogens (tertiary/aromatic N) is 1. The first-order valence-electron chi connectivity index (χ1n) is 3.03. The summed E-state index contributed by atoms with van der Waals surface area (Å²) in [4.78, 5) is 9.14. The topological polar surface area (TPSA) is 43.1 Å². The Morgan fingerprint density at radius 2 is 1.43 bits per heavy atom. The van der Waals surface area contributed by atoms with Crippen molar-refractivity contribution in [1.82, 2.24) is 0 Å². The van der Waals surface area contributed by atoms with Gasteiger partial charge in [-0.05, 0) is 31.9 Å². The van der Waals surface area contributed by atoms with E-state index >= 15 is 0 Å². The lowest BCUT2D eigenvalue weighted by atomic mass is 10.3. The lowest BCUT2D eigenvalue weighted by Crippen LogP contribution is -2.00. The van der Waals surface area contributed by atoms with Crippen LogP contribution >= 0.6 is 31.9 Å². The van der Waals surface area contributed by atoms with Crippen LogP contribution in [0.4, 0.5) is 18.9 Å². The molecule has 0 aliphatic carbocycles. The summed E-state index contributed by atoms with van der Waals surface area (Å²) in [5, 5.41) is 10.3. The van der Waals surface area contributed by atoms with Crippen LogP contribution in [0.1, 0.15) is 0 Å². The van der Waals surface area contributed by atoms with Gasteiger partial charge in [0.2, 0.25) is 5.82 Å². The van der Waals surface area contributed by atoms with Crippen LogP contribution in [0.15, 0.2) is 8.95 Å². The van der Waals surface area contributed by atoms with Gasteiger partial charge in [-0.1, -0.05) is 0 Å². The van der Waals surface area contributed by atoms with Gasteiger partial charge in [-0.2, -0.15) is 4.39 Å². The van der Waals surface area contributed by atoms with Crippen molar-refractivity contribution in [2.75, 3.05) is 0 Å². The van der Waals surface area contributed by atoms with Crippen LogP contribution in [0, 0.1) is 27.6 Å². The van der Waals surface area contributed by atoms with E-state index in [2.05, 4.69) is 31.9 Å². The van der Waals surface area contributed by atoms with E-state index in [1.54, 1.807) is 0 Å². The predicted molar refractivity (Wildman–Crippen MR) is 48.4 cm³/mol. The molecule has 0 spiro atoms. The molecule has 3 nitrogen and oxygen atoms in total. The molecule has 0 amide bonds. The van der Waals surface area contributed by atoms with Gasteiger partial charge in [-0.3, -0.25) is 10.1 Å². The van der Waals surface area contributed by atoms with Gasteiger partial charge in [0.15, 0.2) is 11.6 Å². The SMILES string of the molecule is O=[N+]([O-])c1c(F)c(Br)c(F)c(F)c1Br. The van der Waals surface area contributed by atoms with E-state index in [1.807, 2.05) is 0 Å². The van der Waals surface area contributed by atoms with Gasteiger partial charge in [0, 0.05) is 0 Å². The zero-order valence-corrected chi connectivity index (χ0v) is 9.33. The van der Waals surface area contributed by atoms with Crippen molar-refractivity contribution in [3.05, 3.63) is 36.5 Å². The number of nitro benzene ring substituents is 1. The van der Waals surface area contributed by atoms with Gasteiger partial charge in [-0.25, -0.2) is 8.78 Å². The number of hydrogen-bond acceptors (Lipinski definition) is 2. The van der Waals surface area contributed by atoms with Gasteiger partial charge in [0.25, 0.3) is 0 Å². The van der Waals surface area contributed by atoms with Crippen LogP contribution in [0.3, 0.4) is 0 Å². The molecule has 0 saturated heterocycles. The molecule has 0 fully saturated rings. The van der Waals surface area contributed by atoms with Gasteiger partial charge in [0.05, 0.1) is 9.40 Å². The Bertz CT molecular complexity index is 395. The molecular weight excluding hydrogens is 335 g/mol. The molecule has 76 valence electrons. The highest BCUT2D eigenvalue weighted by Crippen LogP contribution is 2.37. The van der Waals surface area contributed by atoms with Crippen LogP contribution in [-0.2, 0) is 0 Å². The average molecular weight is 335 g/mol. The number of nitro groups is 1. The predicted octanol–water partition coefficient (Wildman–Crippen LogP) is 3.54. The Hall–Kier alpha value is -0.630. The first-order chi connectivity index (χ1) is 6.37. The first-order valence-corrected chi connectivity index (χ1v) is 4.62. The maximum absolute atomic E-state index is 13.0. The van der Waals surface area contributed by atoms with E-state index in [-0.39, 0.29) is 0 Å². The molecule has 0 heterocycles. The van der Waals surface area contributed by atoms with Crippen molar-refractivity contribution in [2.24, 2.45) is 0 Å². The third kappa shape index (κ3) is 1.63. The summed E-state index contributed by atoms with van der Waals surface area (Å²) in [6.07, 6.45) is 0. The van der Waals surface area contributed by atoms with Crippen molar-refractivity contribution in [1.29, 1.82) is 0 Å². The number of benzene rings is 1. The molecule has 0 aromatic heterocycles. The smallest absolute Gasteiger partial charge is 0.258 e. The maximum Gasteiger partial charge on any atom is 0.323 e. The fourth-order valence-electron chi connectivity index (χ4n) is 0.754. The molecule has 0 saturated carbocycles. The summed E-state index contributed by atoms with van der Waals surface area (Å²) < 4.78 is 36.9. The fourth-order valence-corrected chi connectivity index (χ4v) is 1.61. The average Bonchev–Trinajstić information content (AvgIpc) is 2.11. The summed E-state index contributed by atoms with van der Waals surface area (Å²) in [6.45, 7) is 0. The Kier molecular flexibility index (Phi) is 3.15. The highest BCUT2D eigenvalue weighted by atomic mass is 79.9. The monoisotopic (exact) mass is 333 g/mol. The van der Waals surface area contributed by atoms with Crippen molar-refractivity contribution < 1.29 is 18.1 Å². The van der Waals surface area contributed by atoms with Crippen LogP contribution in [0.25, 0.3) is 0 Å². The summed E-state index contributed by atoms with van der Waals surface area (Å²) in [5.74, 6) is -4.48. The number of hydrogen-bond donors (Lipinski definition) is 0. The normalized spacial score (nSPS) is 10.4. The lowest BCUT2D eigenvalue weighted by molar-refractivity contribution is -0.388. The molecule has 0 bridgehead atoms. The summed E-state index contributed by atoms with van der Waals surface area (Å²) >= 11 is 4.77. The van der Waals surface area contributed by atoms with E-state index in [0.29, 0.717) is 0 Å². The van der Waals surface area contributed by atoms with E-state index in [1.165, 1.54) is 0 Å². The highest BCUT2D eigenvalue weighted by molar-refractivity contribution is 9.11. The molecule has 1 rings (SSSR count). The van der Waals surface area contributed by atoms with E-state index in [9.17, 15) is 23.3 Å². The first kappa shape index (κ1) is 11.4. The van der Waals surface area contributed by atoms with Crippen molar-refractivity contribution >= 4 is 37.5 Å². The van der Waals surface area contributed by atoms with Gasteiger partial charge in [-0.15, -0.1) is 0 Å². The van der Waals surface area contributed by atoms with E-state index in [4.69, 9.17) is 0 Å². The minimum absolute atomic E-state index is 0.847. The maximum atomic E-state index is 13.0. The molecule has 1 aromatic rings. The fraction of sp³-hybridized carbons (Fsp3) is 0. The van der Waals surface area contributed by atoms with Crippen LogP contribution in [0.5, 0.6) is 0 Å². The summed E-state index contributed by atoms with van der Waals surface area (Å²) in [6, 6.07) is 0. The lowest BCUT2D eigenvalue weighted by Gasteiger charge is -2.02. The van der Waals surface area contributed by atoms with Gasteiger partial charge >= 0.3 is 5.69 Å². The second-order valence-corrected chi connectivity index (χ2v) is 3.76. The molecule has 8 heteroatoms. The van der Waals surface area contributed by atoms with Crippen LogP contribution in [-0.4, -0.2) is 4.92 Å². The summed E-state index contributed by atoms with van der Waals surface area (Å²) in [7, 11) is 0. The van der Waals surface area contributed by atoms with Crippen molar-refractivity contribution in [3.63, 3.8) is 0 Å². The zero-order chi connectivity index (χ0) is 11.0. The quantitative estimate of drug-likeness (QED) is 0.341. The number of halogens is 5. The molecule has 0 N–H and O–H groups in total. The molecule has 0 unspecified atom stereocenters. The Labute approximate surface area is 92.3 Å². The Balaban J connectivity index is 3.68. The minimum atomic E-state index is -1.51.